The molecule has 152 valence electrons. The standard InChI is InChI=1S/C21H16N2O6S/c1-3-9-22-20(24)19(30-21(22)25)12-14-7-8-17(18(11-14)28-2)29-13-15-5-4-6-16(10-15)23(26)27/h1,4-8,10-12H,9,13H2,2H3/b19-12+. The van der Waals surface area contributed by atoms with Crippen LogP contribution in [0.1, 0.15) is 11.1 Å². The summed E-state index contributed by atoms with van der Waals surface area (Å²) in [6, 6.07) is 11.2. The van der Waals surface area contributed by atoms with Gasteiger partial charge in [-0.15, -0.1) is 6.42 Å². The van der Waals surface area contributed by atoms with Crippen molar-refractivity contribution in [1.29, 1.82) is 0 Å². The van der Waals surface area contributed by atoms with Gasteiger partial charge in [0, 0.05) is 12.1 Å². The minimum absolute atomic E-state index is 0.0165. The van der Waals surface area contributed by atoms with E-state index in [-0.39, 0.29) is 23.7 Å². The zero-order chi connectivity index (χ0) is 21.7. The van der Waals surface area contributed by atoms with Crippen molar-refractivity contribution in [2.45, 2.75) is 6.61 Å². The molecule has 0 aliphatic carbocycles. The maximum atomic E-state index is 12.3. The van der Waals surface area contributed by atoms with E-state index >= 15 is 0 Å². The first kappa shape index (κ1) is 21.0. The number of imide groups is 1. The summed E-state index contributed by atoms with van der Waals surface area (Å²) in [7, 11) is 1.47. The Hall–Kier alpha value is -3.77. The molecule has 2 aromatic rings. The second kappa shape index (κ2) is 9.15. The lowest BCUT2D eigenvalue weighted by Gasteiger charge is -2.11. The molecule has 1 aliphatic rings. The maximum Gasteiger partial charge on any atom is 0.294 e. The maximum absolute atomic E-state index is 12.3. The van der Waals surface area contributed by atoms with Gasteiger partial charge in [0.2, 0.25) is 0 Å². The molecule has 0 unspecified atom stereocenters. The van der Waals surface area contributed by atoms with Crippen LogP contribution in [0.5, 0.6) is 11.5 Å². The molecule has 0 radical (unpaired) electrons. The molecule has 2 amide bonds. The zero-order valence-electron chi connectivity index (χ0n) is 15.9. The molecule has 0 atom stereocenters. The Morgan fingerprint density at radius 1 is 1.23 bits per heavy atom. The van der Waals surface area contributed by atoms with Gasteiger partial charge >= 0.3 is 0 Å². The second-order valence-corrected chi connectivity index (χ2v) is 7.09. The number of carbonyl (C=O) groups excluding carboxylic acids is 2. The molecule has 1 heterocycles. The summed E-state index contributed by atoms with van der Waals surface area (Å²) in [4.78, 5) is 35.9. The van der Waals surface area contributed by atoms with E-state index in [1.54, 1.807) is 36.4 Å². The fourth-order valence-corrected chi connectivity index (χ4v) is 3.53. The molecular formula is C21H16N2O6S. The largest absolute Gasteiger partial charge is 0.493 e. The Morgan fingerprint density at radius 3 is 2.73 bits per heavy atom. The lowest BCUT2D eigenvalue weighted by molar-refractivity contribution is -0.384. The van der Waals surface area contributed by atoms with Crippen LogP contribution in [0, 0.1) is 22.5 Å². The smallest absolute Gasteiger partial charge is 0.294 e. The molecule has 0 saturated carbocycles. The fourth-order valence-electron chi connectivity index (χ4n) is 2.69. The van der Waals surface area contributed by atoms with Gasteiger partial charge in [-0.1, -0.05) is 24.1 Å². The van der Waals surface area contributed by atoms with Gasteiger partial charge in [0.05, 0.1) is 23.5 Å². The lowest BCUT2D eigenvalue weighted by Crippen LogP contribution is -2.28. The number of rotatable bonds is 7. The molecule has 30 heavy (non-hydrogen) atoms. The number of non-ortho nitro benzene ring substituents is 1. The molecule has 3 rings (SSSR count). The van der Waals surface area contributed by atoms with Crippen LogP contribution in [0.3, 0.4) is 0 Å². The van der Waals surface area contributed by atoms with E-state index in [2.05, 4.69) is 5.92 Å². The summed E-state index contributed by atoms with van der Waals surface area (Å²) in [5.74, 6) is 2.70. The first-order valence-electron chi connectivity index (χ1n) is 8.66. The van der Waals surface area contributed by atoms with E-state index in [1.807, 2.05) is 0 Å². The SMILES string of the molecule is C#CCN1C(=O)S/C(=C/c2ccc(OCc3cccc([N+](=O)[O-])c3)c(OC)c2)C1=O. The van der Waals surface area contributed by atoms with Gasteiger partial charge in [0.1, 0.15) is 6.61 Å². The molecule has 1 saturated heterocycles. The number of amides is 2. The van der Waals surface area contributed by atoms with Crippen molar-refractivity contribution in [1.82, 2.24) is 4.90 Å². The Labute approximate surface area is 176 Å². The first-order chi connectivity index (χ1) is 14.4. The summed E-state index contributed by atoms with van der Waals surface area (Å²) in [6.45, 7) is 0.0398. The van der Waals surface area contributed by atoms with Gasteiger partial charge in [0.15, 0.2) is 11.5 Å². The van der Waals surface area contributed by atoms with Gasteiger partial charge in [-0.05, 0) is 41.1 Å². The van der Waals surface area contributed by atoms with Crippen LogP contribution in [-0.4, -0.2) is 34.6 Å². The van der Waals surface area contributed by atoms with E-state index in [4.69, 9.17) is 15.9 Å². The summed E-state index contributed by atoms with van der Waals surface area (Å²) in [5, 5.41) is 10.5. The Bertz CT molecular complexity index is 1090. The molecular weight excluding hydrogens is 408 g/mol. The van der Waals surface area contributed by atoms with Crippen molar-refractivity contribution in [3.8, 4) is 23.8 Å². The Kier molecular flexibility index (Phi) is 6.39. The predicted octanol–water partition coefficient (Wildman–Crippen LogP) is 3.85. The molecule has 0 aromatic heterocycles. The van der Waals surface area contributed by atoms with Crippen LogP contribution in [0.4, 0.5) is 10.5 Å². The predicted molar refractivity (Wildman–Crippen MR) is 112 cm³/mol. The first-order valence-corrected chi connectivity index (χ1v) is 9.47. The summed E-state index contributed by atoms with van der Waals surface area (Å²) in [5.41, 5.74) is 1.26. The quantitative estimate of drug-likeness (QED) is 0.288. The lowest BCUT2D eigenvalue weighted by atomic mass is 10.1. The highest BCUT2D eigenvalue weighted by atomic mass is 32.2. The number of ether oxygens (including phenoxy) is 2. The average molecular weight is 424 g/mol. The topological polar surface area (TPSA) is 99.0 Å². The van der Waals surface area contributed by atoms with Crippen LogP contribution < -0.4 is 9.47 Å². The molecule has 8 nitrogen and oxygen atoms in total. The number of methoxy groups -OCH3 is 1. The van der Waals surface area contributed by atoms with Crippen molar-refractivity contribution in [2.24, 2.45) is 0 Å². The van der Waals surface area contributed by atoms with E-state index in [9.17, 15) is 19.7 Å². The Morgan fingerprint density at radius 2 is 2.03 bits per heavy atom. The highest BCUT2D eigenvalue weighted by Gasteiger charge is 2.34. The number of hydrogen-bond acceptors (Lipinski definition) is 7. The van der Waals surface area contributed by atoms with Gasteiger partial charge in [-0.25, -0.2) is 0 Å². The monoisotopic (exact) mass is 424 g/mol. The van der Waals surface area contributed by atoms with E-state index in [1.165, 1.54) is 19.2 Å². The van der Waals surface area contributed by atoms with Crippen molar-refractivity contribution >= 4 is 34.7 Å². The normalized spacial score (nSPS) is 14.7. The Balaban J connectivity index is 1.76. The molecule has 2 aromatic carbocycles. The molecule has 0 bridgehead atoms. The third kappa shape index (κ3) is 4.61. The number of benzene rings is 2. The van der Waals surface area contributed by atoms with Crippen LogP contribution in [0.2, 0.25) is 0 Å². The zero-order valence-corrected chi connectivity index (χ0v) is 16.7. The van der Waals surface area contributed by atoms with Crippen molar-refractivity contribution in [3.63, 3.8) is 0 Å². The van der Waals surface area contributed by atoms with Crippen LogP contribution in [0.15, 0.2) is 47.4 Å². The van der Waals surface area contributed by atoms with Crippen molar-refractivity contribution in [2.75, 3.05) is 13.7 Å². The van der Waals surface area contributed by atoms with Gasteiger partial charge in [-0.3, -0.25) is 24.6 Å². The summed E-state index contributed by atoms with van der Waals surface area (Å²) < 4.78 is 11.1. The van der Waals surface area contributed by atoms with Gasteiger partial charge in [-0.2, -0.15) is 0 Å². The van der Waals surface area contributed by atoms with Crippen LogP contribution >= 0.6 is 11.8 Å². The van der Waals surface area contributed by atoms with Crippen LogP contribution in [-0.2, 0) is 11.4 Å². The number of nitro benzene ring substituents is 1. The minimum atomic E-state index is -0.468. The third-order valence-corrected chi connectivity index (χ3v) is 5.03. The molecule has 0 spiro atoms. The number of hydrogen-bond donors (Lipinski definition) is 0. The van der Waals surface area contributed by atoms with E-state index in [0.29, 0.717) is 22.6 Å². The molecule has 9 heteroatoms. The average Bonchev–Trinajstić information content (AvgIpc) is 3.00. The molecule has 0 N–H and O–H groups in total. The van der Waals surface area contributed by atoms with Crippen molar-refractivity contribution < 1.29 is 24.0 Å². The highest BCUT2D eigenvalue weighted by Crippen LogP contribution is 2.34. The van der Waals surface area contributed by atoms with Crippen molar-refractivity contribution in [3.05, 3.63) is 68.6 Å². The van der Waals surface area contributed by atoms with Crippen LogP contribution in [0.25, 0.3) is 6.08 Å². The molecule has 1 fully saturated rings. The number of thioether (sulfide) groups is 1. The summed E-state index contributed by atoms with van der Waals surface area (Å²) >= 11 is 0.821. The summed E-state index contributed by atoms with van der Waals surface area (Å²) in [6.07, 6.45) is 6.77. The van der Waals surface area contributed by atoms with Gasteiger partial charge < -0.3 is 9.47 Å². The number of terminal acetylenes is 1. The fraction of sp³-hybridized carbons (Fsp3) is 0.143. The van der Waals surface area contributed by atoms with Gasteiger partial charge in [0.25, 0.3) is 16.8 Å². The van der Waals surface area contributed by atoms with E-state index in [0.717, 1.165) is 16.7 Å². The molecule has 1 aliphatic heterocycles. The number of nitrogens with zero attached hydrogens (tertiary/aromatic N) is 2. The van der Waals surface area contributed by atoms with E-state index < -0.39 is 16.1 Å². The number of nitro groups is 1. The third-order valence-electron chi connectivity index (χ3n) is 4.12. The number of carbonyl (C=O) groups is 2. The minimum Gasteiger partial charge on any atom is -0.493 e. The highest BCUT2D eigenvalue weighted by molar-refractivity contribution is 8.18. The second-order valence-electron chi connectivity index (χ2n) is 6.10.